The maximum atomic E-state index is 9.04. The molecule has 0 bridgehead atoms. The van der Waals surface area contributed by atoms with Crippen molar-refractivity contribution in [2.75, 3.05) is 0 Å². The molecule has 3 aromatic rings. The number of para-hydroxylation sites is 1. The Bertz CT molecular complexity index is 710. The molecule has 0 fully saturated rings. The highest BCUT2D eigenvalue weighted by Crippen LogP contribution is 2.32. The summed E-state index contributed by atoms with van der Waals surface area (Å²) in [6, 6.07) is 9.43. The summed E-state index contributed by atoms with van der Waals surface area (Å²) in [5.74, 6) is 0.688. The van der Waals surface area contributed by atoms with Crippen molar-refractivity contribution >= 4 is 22.3 Å². The number of fused-ring (bicyclic) bond motifs is 1. The van der Waals surface area contributed by atoms with E-state index in [1.807, 2.05) is 35.7 Å². The third kappa shape index (κ3) is 1.83. The van der Waals surface area contributed by atoms with Crippen LogP contribution in [0.3, 0.4) is 0 Å². The first-order valence-corrected chi connectivity index (χ1v) is 6.24. The number of hydrogen-bond donors (Lipinski definition) is 0. The molecule has 0 atom stereocenters. The Kier molecular flexibility index (Phi) is 2.71. The van der Waals surface area contributed by atoms with Crippen molar-refractivity contribution in [1.29, 1.82) is 5.26 Å². The molecule has 5 heteroatoms. The highest BCUT2D eigenvalue weighted by molar-refractivity contribution is 7.07. The van der Waals surface area contributed by atoms with E-state index < -0.39 is 0 Å². The molecular formula is C13H8N2O2S. The minimum Gasteiger partial charge on any atom is -0.482 e. The normalized spacial score (nSPS) is 10.4. The summed E-state index contributed by atoms with van der Waals surface area (Å²) < 4.78 is 11.1. The van der Waals surface area contributed by atoms with Gasteiger partial charge in [0, 0.05) is 5.38 Å². The van der Waals surface area contributed by atoms with Gasteiger partial charge in [0.25, 0.3) is 0 Å². The maximum Gasteiger partial charge on any atom is 0.246 e. The summed E-state index contributed by atoms with van der Waals surface area (Å²) in [5, 5.41) is 11.8. The highest BCUT2D eigenvalue weighted by atomic mass is 32.1. The predicted molar refractivity (Wildman–Crippen MR) is 67.4 cm³/mol. The van der Waals surface area contributed by atoms with Crippen LogP contribution in [0.4, 0.5) is 0 Å². The zero-order valence-electron chi connectivity index (χ0n) is 9.29. The number of thiazole rings is 1. The van der Waals surface area contributed by atoms with Crippen molar-refractivity contribution < 1.29 is 9.15 Å². The molecule has 2 aromatic heterocycles. The molecule has 4 nitrogen and oxygen atoms in total. The highest BCUT2D eigenvalue weighted by Gasteiger charge is 2.15. The van der Waals surface area contributed by atoms with Crippen LogP contribution in [0.25, 0.3) is 11.0 Å². The number of furan rings is 1. The lowest BCUT2D eigenvalue weighted by molar-refractivity contribution is 0.300. The third-order valence-corrected chi connectivity index (χ3v) is 3.13. The lowest BCUT2D eigenvalue weighted by Crippen LogP contribution is -1.95. The number of aromatic nitrogens is 1. The number of ether oxygens (including phenoxy) is 1. The fourth-order valence-corrected chi connectivity index (χ4v) is 2.24. The lowest BCUT2D eigenvalue weighted by atomic mass is 10.2. The number of benzene rings is 1. The molecule has 0 radical (unpaired) electrons. The molecular weight excluding hydrogens is 248 g/mol. The third-order valence-electron chi connectivity index (χ3n) is 2.50. The van der Waals surface area contributed by atoms with E-state index >= 15 is 0 Å². The fraction of sp³-hybridized carbons (Fsp3) is 0.0769. The molecule has 88 valence electrons. The summed E-state index contributed by atoms with van der Waals surface area (Å²) in [4.78, 5) is 4.13. The Morgan fingerprint density at radius 3 is 3.06 bits per heavy atom. The van der Waals surface area contributed by atoms with Gasteiger partial charge in [-0.1, -0.05) is 12.1 Å². The average Bonchev–Trinajstić information content (AvgIpc) is 3.03. The van der Waals surface area contributed by atoms with Gasteiger partial charge in [-0.3, -0.25) is 0 Å². The van der Waals surface area contributed by atoms with Crippen LogP contribution in [-0.4, -0.2) is 4.98 Å². The summed E-state index contributed by atoms with van der Waals surface area (Å²) in [5.41, 5.74) is 3.24. The Hall–Kier alpha value is -2.32. The zero-order valence-corrected chi connectivity index (χ0v) is 10.1. The van der Waals surface area contributed by atoms with E-state index in [2.05, 4.69) is 4.98 Å². The van der Waals surface area contributed by atoms with Crippen LogP contribution in [-0.2, 0) is 6.61 Å². The first-order chi connectivity index (χ1) is 8.88. The molecule has 2 heterocycles. The van der Waals surface area contributed by atoms with Gasteiger partial charge in [-0.15, -0.1) is 11.3 Å². The predicted octanol–water partition coefficient (Wildman–Crippen LogP) is 3.34. The first-order valence-electron chi connectivity index (χ1n) is 5.30. The summed E-state index contributed by atoms with van der Waals surface area (Å²) in [6.07, 6.45) is 0. The molecule has 1 aromatic carbocycles. The van der Waals surface area contributed by atoms with Crippen LogP contribution in [0.2, 0.25) is 0 Å². The number of nitriles is 1. The van der Waals surface area contributed by atoms with E-state index in [1.165, 1.54) is 11.3 Å². The maximum absolute atomic E-state index is 9.04. The van der Waals surface area contributed by atoms with Crippen molar-refractivity contribution in [3.05, 3.63) is 46.6 Å². The topological polar surface area (TPSA) is 59.0 Å². The summed E-state index contributed by atoms with van der Waals surface area (Å²) in [6.45, 7) is 0.335. The summed E-state index contributed by atoms with van der Waals surface area (Å²) >= 11 is 1.51. The Balaban J connectivity index is 1.97. The minimum atomic E-state index is 0.200. The Morgan fingerprint density at radius 1 is 1.39 bits per heavy atom. The van der Waals surface area contributed by atoms with Gasteiger partial charge in [-0.25, -0.2) is 4.98 Å². The second-order valence-corrected chi connectivity index (χ2v) is 4.36. The molecule has 0 unspecified atom stereocenters. The average molecular weight is 256 g/mol. The number of nitrogens with zero attached hydrogens (tertiary/aromatic N) is 2. The molecule has 0 N–H and O–H groups in total. The van der Waals surface area contributed by atoms with Gasteiger partial charge >= 0.3 is 0 Å². The molecule has 0 aliphatic heterocycles. The molecule has 3 rings (SSSR count). The molecule has 0 aliphatic carbocycles. The van der Waals surface area contributed by atoms with Crippen molar-refractivity contribution in [3.63, 3.8) is 0 Å². The van der Waals surface area contributed by atoms with Crippen LogP contribution in [0, 0.1) is 11.3 Å². The first kappa shape index (κ1) is 10.8. The molecule has 18 heavy (non-hydrogen) atoms. The second kappa shape index (κ2) is 4.51. The van der Waals surface area contributed by atoms with Gasteiger partial charge in [-0.05, 0) is 12.1 Å². The second-order valence-electron chi connectivity index (χ2n) is 3.64. The molecule has 0 aliphatic rings. The van der Waals surface area contributed by atoms with Gasteiger partial charge < -0.3 is 9.15 Å². The van der Waals surface area contributed by atoms with Crippen LogP contribution in [0.1, 0.15) is 11.5 Å². The minimum absolute atomic E-state index is 0.200. The smallest absolute Gasteiger partial charge is 0.246 e. The Morgan fingerprint density at radius 2 is 2.28 bits per heavy atom. The SMILES string of the molecule is N#Cc1oc2ccccc2c1OCc1cscn1. The van der Waals surface area contributed by atoms with E-state index in [4.69, 9.17) is 14.4 Å². The zero-order chi connectivity index (χ0) is 12.4. The molecule has 0 amide bonds. The van der Waals surface area contributed by atoms with Crippen molar-refractivity contribution in [1.82, 2.24) is 4.98 Å². The molecule has 0 saturated carbocycles. The van der Waals surface area contributed by atoms with Gasteiger partial charge in [0.1, 0.15) is 18.3 Å². The van der Waals surface area contributed by atoms with Crippen molar-refractivity contribution in [2.45, 2.75) is 6.61 Å². The van der Waals surface area contributed by atoms with Crippen LogP contribution >= 0.6 is 11.3 Å². The standard InChI is InChI=1S/C13H8N2O2S/c14-5-12-13(16-6-9-7-18-8-15-9)10-3-1-2-4-11(10)17-12/h1-4,7-8H,6H2. The van der Waals surface area contributed by atoms with E-state index in [1.54, 1.807) is 5.51 Å². The van der Waals surface area contributed by atoms with Gasteiger partial charge in [0.15, 0.2) is 5.75 Å². The van der Waals surface area contributed by atoms with E-state index in [9.17, 15) is 0 Å². The number of hydrogen-bond acceptors (Lipinski definition) is 5. The summed E-state index contributed by atoms with van der Waals surface area (Å²) in [7, 11) is 0. The van der Waals surface area contributed by atoms with Gasteiger partial charge in [0.05, 0.1) is 16.6 Å². The van der Waals surface area contributed by atoms with Crippen LogP contribution in [0.15, 0.2) is 39.6 Å². The van der Waals surface area contributed by atoms with E-state index in [-0.39, 0.29) is 5.76 Å². The van der Waals surface area contributed by atoms with Crippen molar-refractivity contribution in [2.24, 2.45) is 0 Å². The number of rotatable bonds is 3. The van der Waals surface area contributed by atoms with Crippen molar-refractivity contribution in [3.8, 4) is 11.8 Å². The molecule has 0 spiro atoms. The van der Waals surface area contributed by atoms with Gasteiger partial charge in [0.2, 0.25) is 5.76 Å². The van der Waals surface area contributed by atoms with Gasteiger partial charge in [-0.2, -0.15) is 5.26 Å². The lowest BCUT2D eigenvalue weighted by Gasteiger charge is -2.01. The van der Waals surface area contributed by atoms with Crippen LogP contribution in [0.5, 0.6) is 5.75 Å². The van der Waals surface area contributed by atoms with E-state index in [0.717, 1.165) is 11.1 Å². The fourth-order valence-electron chi connectivity index (χ4n) is 1.69. The largest absolute Gasteiger partial charge is 0.482 e. The molecule has 0 saturated heterocycles. The Labute approximate surface area is 107 Å². The quantitative estimate of drug-likeness (QED) is 0.721. The van der Waals surface area contributed by atoms with E-state index in [0.29, 0.717) is 17.9 Å². The van der Waals surface area contributed by atoms with Crippen LogP contribution < -0.4 is 4.74 Å². The monoisotopic (exact) mass is 256 g/mol.